The lowest BCUT2D eigenvalue weighted by Crippen LogP contribution is -2.43. The maximum absolute atomic E-state index is 12.8. The van der Waals surface area contributed by atoms with E-state index in [1.165, 1.54) is 0 Å². The van der Waals surface area contributed by atoms with Gasteiger partial charge in [-0.15, -0.1) is 24.8 Å². The highest BCUT2D eigenvalue weighted by Gasteiger charge is 2.24. The Morgan fingerprint density at radius 2 is 1.85 bits per heavy atom. The van der Waals surface area contributed by atoms with Crippen molar-refractivity contribution in [2.45, 2.75) is 18.9 Å². The zero-order valence-electron chi connectivity index (χ0n) is 13.8. The normalized spacial score (nSPS) is 14.2. The number of nitrogens with two attached hydrogens (primary N) is 1. The summed E-state index contributed by atoms with van der Waals surface area (Å²) in [5.41, 5.74) is 7.16. The fraction of sp³-hybridized carbons (Fsp3) is 0.294. The lowest BCUT2D eigenvalue weighted by molar-refractivity contribution is 0.0715. The SMILES string of the molecule is Cl.Cl.NC1CCN(C(=O)c2cccnc2Nc2ccc(Cl)c(Cl)c2)CC1. The van der Waals surface area contributed by atoms with E-state index in [4.69, 9.17) is 28.9 Å². The van der Waals surface area contributed by atoms with E-state index in [-0.39, 0.29) is 36.8 Å². The average molecular weight is 438 g/mol. The number of hydrogen-bond donors (Lipinski definition) is 2. The summed E-state index contributed by atoms with van der Waals surface area (Å²) in [4.78, 5) is 18.9. The Morgan fingerprint density at radius 1 is 1.15 bits per heavy atom. The quantitative estimate of drug-likeness (QED) is 0.739. The van der Waals surface area contributed by atoms with Crippen molar-refractivity contribution in [3.8, 4) is 0 Å². The van der Waals surface area contributed by atoms with Crippen LogP contribution in [-0.2, 0) is 0 Å². The van der Waals surface area contributed by atoms with Gasteiger partial charge in [-0.25, -0.2) is 4.98 Å². The van der Waals surface area contributed by atoms with Gasteiger partial charge in [0, 0.05) is 31.0 Å². The fourth-order valence-electron chi connectivity index (χ4n) is 2.66. The van der Waals surface area contributed by atoms with Crippen LogP contribution in [-0.4, -0.2) is 34.9 Å². The summed E-state index contributed by atoms with van der Waals surface area (Å²) in [6.45, 7) is 1.34. The predicted octanol–water partition coefficient (Wildman–Crippen LogP) is 4.54. The van der Waals surface area contributed by atoms with Crippen molar-refractivity contribution in [1.29, 1.82) is 0 Å². The first-order valence-corrected chi connectivity index (χ1v) is 8.52. The highest BCUT2D eigenvalue weighted by molar-refractivity contribution is 6.42. The fourth-order valence-corrected chi connectivity index (χ4v) is 2.96. The number of likely N-dealkylation sites (tertiary alicyclic amines) is 1. The van der Waals surface area contributed by atoms with Gasteiger partial charge in [0.25, 0.3) is 5.91 Å². The number of anilines is 2. The smallest absolute Gasteiger partial charge is 0.257 e. The second-order valence-electron chi connectivity index (χ2n) is 5.78. The summed E-state index contributed by atoms with van der Waals surface area (Å²) in [7, 11) is 0. The number of nitrogens with one attached hydrogen (secondary N) is 1. The first-order valence-electron chi connectivity index (χ1n) is 7.76. The summed E-state index contributed by atoms with van der Waals surface area (Å²) in [6.07, 6.45) is 3.28. The third-order valence-electron chi connectivity index (χ3n) is 4.05. The average Bonchev–Trinajstić information content (AvgIpc) is 2.59. The molecule has 1 fully saturated rings. The van der Waals surface area contributed by atoms with Crippen LogP contribution in [0.2, 0.25) is 10.0 Å². The number of halogens is 4. The van der Waals surface area contributed by atoms with Gasteiger partial charge in [-0.05, 0) is 43.2 Å². The molecule has 2 heterocycles. The van der Waals surface area contributed by atoms with Gasteiger partial charge in [0.15, 0.2) is 0 Å². The van der Waals surface area contributed by atoms with Crippen molar-refractivity contribution in [2.24, 2.45) is 5.73 Å². The molecule has 1 aromatic carbocycles. The summed E-state index contributed by atoms with van der Waals surface area (Å²) in [5.74, 6) is 0.452. The van der Waals surface area contributed by atoms with Crippen LogP contribution in [0.4, 0.5) is 11.5 Å². The molecule has 3 N–H and O–H groups in total. The topological polar surface area (TPSA) is 71.2 Å². The molecule has 0 spiro atoms. The number of carbonyl (C=O) groups is 1. The Labute approximate surface area is 175 Å². The van der Waals surface area contributed by atoms with Crippen molar-refractivity contribution in [2.75, 3.05) is 18.4 Å². The summed E-state index contributed by atoms with van der Waals surface area (Å²) < 4.78 is 0. The summed E-state index contributed by atoms with van der Waals surface area (Å²) in [6, 6.07) is 8.89. The van der Waals surface area contributed by atoms with E-state index in [0.717, 1.165) is 18.5 Å². The van der Waals surface area contributed by atoms with Crippen LogP contribution < -0.4 is 11.1 Å². The molecular weight excluding hydrogens is 418 g/mol. The molecule has 0 saturated carbocycles. The van der Waals surface area contributed by atoms with Crippen LogP contribution in [0.15, 0.2) is 36.5 Å². The van der Waals surface area contributed by atoms with Crippen LogP contribution in [0.5, 0.6) is 0 Å². The molecule has 1 aliphatic heterocycles. The second kappa shape index (κ2) is 10.2. The minimum Gasteiger partial charge on any atom is -0.340 e. The van der Waals surface area contributed by atoms with E-state index in [1.807, 2.05) is 4.90 Å². The molecule has 5 nitrogen and oxygen atoms in total. The highest BCUT2D eigenvalue weighted by Crippen LogP contribution is 2.28. The maximum Gasteiger partial charge on any atom is 0.257 e. The third-order valence-corrected chi connectivity index (χ3v) is 4.79. The Bertz CT molecular complexity index is 751. The summed E-state index contributed by atoms with van der Waals surface area (Å²) in [5, 5.41) is 4.06. The number of amides is 1. The molecule has 0 bridgehead atoms. The zero-order chi connectivity index (χ0) is 17.1. The zero-order valence-corrected chi connectivity index (χ0v) is 17.0. The number of benzene rings is 1. The number of pyridine rings is 1. The number of hydrogen-bond acceptors (Lipinski definition) is 4. The van der Waals surface area contributed by atoms with Gasteiger partial charge in [0.2, 0.25) is 0 Å². The number of rotatable bonds is 3. The molecule has 1 aliphatic rings. The van der Waals surface area contributed by atoms with Crippen LogP contribution in [0.3, 0.4) is 0 Å². The van der Waals surface area contributed by atoms with Crippen molar-refractivity contribution < 1.29 is 4.79 Å². The lowest BCUT2D eigenvalue weighted by Gasteiger charge is -2.30. The standard InChI is InChI=1S/C17H18Cl2N4O.2ClH/c18-14-4-3-12(10-15(14)19)22-16-13(2-1-7-21-16)17(24)23-8-5-11(20)6-9-23;;/h1-4,7,10-11H,5-6,8-9,20H2,(H,21,22);2*1H. The van der Waals surface area contributed by atoms with Gasteiger partial charge in [0.05, 0.1) is 15.6 Å². The minimum absolute atomic E-state index is 0. The molecule has 142 valence electrons. The van der Waals surface area contributed by atoms with Crippen LogP contribution in [0.25, 0.3) is 0 Å². The molecule has 0 radical (unpaired) electrons. The number of aromatic nitrogens is 1. The first kappa shape index (κ1) is 22.8. The van der Waals surface area contributed by atoms with Crippen LogP contribution >= 0.6 is 48.0 Å². The molecule has 1 saturated heterocycles. The molecule has 0 atom stereocenters. The molecule has 0 aliphatic carbocycles. The van der Waals surface area contributed by atoms with Gasteiger partial charge in [-0.3, -0.25) is 4.79 Å². The van der Waals surface area contributed by atoms with Crippen molar-refractivity contribution in [1.82, 2.24) is 9.88 Å². The van der Waals surface area contributed by atoms with E-state index in [2.05, 4.69) is 10.3 Å². The number of nitrogens with zero attached hydrogens (tertiary/aromatic N) is 2. The van der Waals surface area contributed by atoms with Crippen LogP contribution in [0.1, 0.15) is 23.2 Å². The van der Waals surface area contributed by atoms with Gasteiger partial charge in [-0.2, -0.15) is 0 Å². The Balaban J connectivity index is 0.00000169. The molecule has 1 aromatic heterocycles. The van der Waals surface area contributed by atoms with Gasteiger partial charge in [-0.1, -0.05) is 23.2 Å². The molecule has 3 rings (SSSR count). The van der Waals surface area contributed by atoms with E-state index < -0.39 is 0 Å². The molecule has 9 heteroatoms. The lowest BCUT2D eigenvalue weighted by atomic mass is 10.1. The van der Waals surface area contributed by atoms with Gasteiger partial charge < -0.3 is 16.0 Å². The monoisotopic (exact) mass is 436 g/mol. The van der Waals surface area contributed by atoms with Crippen molar-refractivity contribution in [3.05, 3.63) is 52.1 Å². The van der Waals surface area contributed by atoms with Crippen molar-refractivity contribution in [3.63, 3.8) is 0 Å². The van der Waals surface area contributed by atoms with Crippen LogP contribution in [0, 0.1) is 0 Å². The third kappa shape index (κ3) is 5.38. The van der Waals surface area contributed by atoms with E-state index in [9.17, 15) is 4.79 Å². The minimum atomic E-state index is -0.0439. The predicted molar refractivity (Wildman–Crippen MR) is 112 cm³/mol. The van der Waals surface area contributed by atoms with Crippen molar-refractivity contribution >= 4 is 65.4 Å². The van der Waals surface area contributed by atoms with Gasteiger partial charge in [0.1, 0.15) is 5.82 Å². The largest absolute Gasteiger partial charge is 0.340 e. The first-order chi connectivity index (χ1) is 11.5. The Hall–Kier alpha value is -1.24. The van der Waals surface area contributed by atoms with Gasteiger partial charge >= 0.3 is 0 Å². The molecular formula is C17H20Cl4N4O. The number of piperidine rings is 1. The second-order valence-corrected chi connectivity index (χ2v) is 6.60. The molecule has 1 amide bonds. The molecule has 2 aromatic rings. The molecule has 26 heavy (non-hydrogen) atoms. The Kier molecular flexibility index (Phi) is 8.93. The molecule has 0 unspecified atom stereocenters. The van der Waals surface area contributed by atoms with E-state index in [0.29, 0.717) is 34.5 Å². The maximum atomic E-state index is 12.8. The summed E-state index contributed by atoms with van der Waals surface area (Å²) >= 11 is 12.0. The number of carbonyl (C=O) groups excluding carboxylic acids is 1. The van der Waals surface area contributed by atoms with E-state index in [1.54, 1.807) is 36.5 Å². The van der Waals surface area contributed by atoms with E-state index >= 15 is 0 Å². The Morgan fingerprint density at radius 3 is 2.50 bits per heavy atom. The highest BCUT2D eigenvalue weighted by atomic mass is 35.5.